The molecule has 0 aliphatic carbocycles. The number of thioether (sulfide) groups is 1. The molecule has 2 rings (SSSR count). The summed E-state index contributed by atoms with van der Waals surface area (Å²) in [6.45, 7) is 2.02. The molecule has 2 aromatic carbocycles. The van der Waals surface area contributed by atoms with Gasteiger partial charge in [0.2, 0.25) is 0 Å². The Morgan fingerprint density at radius 2 is 1.89 bits per heavy atom. The second-order valence-corrected chi connectivity index (χ2v) is 5.98. The molecule has 19 heavy (non-hydrogen) atoms. The van der Waals surface area contributed by atoms with Crippen molar-refractivity contribution < 1.29 is 0 Å². The van der Waals surface area contributed by atoms with Crippen molar-refractivity contribution in [3.05, 3.63) is 63.1 Å². The van der Waals surface area contributed by atoms with Crippen LogP contribution in [0.5, 0.6) is 0 Å². The minimum Gasteiger partial charge on any atom is -0.192 e. The Morgan fingerprint density at radius 1 is 1.11 bits per heavy atom. The topological polar surface area (TPSA) is 23.8 Å². The molecule has 2 aromatic rings. The van der Waals surface area contributed by atoms with Gasteiger partial charge in [0.05, 0.1) is 21.7 Å². The van der Waals surface area contributed by atoms with Crippen LogP contribution in [0.4, 0.5) is 0 Å². The average molecular weight is 308 g/mol. The molecule has 4 heteroatoms. The molecule has 0 heterocycles. The summed E-state index contributed by atoms with van der Waals surface area (Å²) in [5.41, 5.74) is 3.04. The van der Waals surface area contributed by atoms with E-state index >= 15 is 0 Å². The predicted molar refractivity (Wildman–Crippen MR) is 81.9 cm³/mol. The smallest absolute Gasteiger partial charge is 0.0991 e. The molecule has 0 atom stereocenters. The van der Waals surface area contributed by atoms with E-state index in [4.69, 9.17) is 28.5 Å². The molecule has 0 bridgehead atoms. The van der Waals surface area contributed by atoms with Gasteiger partial charge in [-0.15, -0.1) is 11.8 Å². The Morgan fingerprint density at radius 3 is 2.53 bits per heavy atom. The van der Waals surface area contributed by atoms with E-state index in [1.54, 1.807) is 17.8 Å². The second kappa shape index (κ2) is 6.34. The summed E-state index contributed by atoms with van der Waals surface area (Å²) in [6.07, 6.45) is 0. The Bertz CT molecular complexity index is 647. The third-order valence-corrected chi connectivity index (χ3v) is 4.54. The van der Waals surface area contributed by atoms with Gasteiger partial charge in [-0.25, -0.2) is 0 Å². The van der Waals surface area contributed by atoms with Crippen molar-refractivity contribution in [2.45, 2.75) is 17.6 Å². The monoisotopic (exact) mass is 307 g/mol. The van der Waals surface area contributed by atoms with Crippen LogP contribution in [0.25, 0.3) is 0 Å². The number of aryl methyl sites for hydroxylation is 1. The molecule has 0 aliphatic heterocycles. The lowest BCUT2D eigenvalue weighted by Gasteiger charge is -2.07. The van der Waals surface area contributed by atoms with Crippen LogP contribution < -0.4 is 0 Å². The van der Waals surface area contributed by atoms with E-state index in [0.29, 0.717) is 15.6 Å². The number of rotatable bonds is 3. The zero-order valence-electron chi connectivity index (χ0n) is 10.3. The third kappa shape index (κ3) is 3.67. The van der Waals surface area contributed by atoms with Crippen molar-refractivity contribution in [3.8, 4) is 6.07 Å². The van der Waals surface area contributed by atoms with Crippen molar-refractivity contribution in [1.82, 2.24) is 0 Å². The first-order valence-electron chi connectivity index (χ1n) is 5.67. The van der Waals surface area contributed by atoms with Crippen LogP contribution in [-0.4, -0.2) is 0 Å². The van der Waals surface area contributed by atoms with E-state index < -0.39 is 0 Å². The minimum absolute atomic E-state index is 0.570. The fourth-order valence-corrected chi connectivity index (χ4v) is 3.03. The number of benzene rings is 2. The molecule has 0 spiro atoms. The summed E-state index contributed by atoms with van der Waals surface area (Å²) in [5, 5.41) is 9.98. The Kier molecular flexibility index (Phi) is 4.76. The van der Waals surface area contributed by atoms with E-state index in [1.807, 2.05) is 37.3 Å². The van der Waals surface area contributed by atoms with Crippen LogP contribution >= 0.6 is 35.0 Å². The van der Waals surface area contributed by atoms with Crippen LogP contribution in [0.1, 0.15) is 16.7 Å². The fraction of sp³-hybridized carbons (Fsp3) is 0.133. The zero-order valence-corrected chi connectivity index (χ0v) is 12.6. The van der Waals surface area contributed by atoms with E-state index in [0.717, 1.165) is 16.2 Å². The van der Waals surface area contributed by atoms with Crippen molar-refractivity contribution in [1.29, 1.82) is 5.26 Å². The average Bonchev–Trinajstić information content (AvgIpc) is 2.41. The lowest BCUT2D eigenvalue weighted by molar-refractivity contribution is 1.29. The molecule has 0 aliphatic rings. The van der Waals surface area contributed by atoms with Gasteiger partial charge < -0.3 is 0 Å². The van der Waals surface area contributed by atoms with E-state index in [1.165, 1.54) is 5.56 Å². The normalized spacial score (nSPS) is 10.2. The highest BCUT2D eigenvalue weighted by Crippen LogP contribution is 2.30. The molecule has 0 amide bonds. The highest BCUT2D eigenvalue weighted by molar-refractivity contribution is 7.98. The van der Waals surface area contributed by atoms with E-state index in [9.17, 15) is 0 Å². The van der Waals surface area contributed by atoms with Crippen molar-refractivity contribution in [2.75, 3.05) is 0 Å². The van der Waals surface area contributed by atoms with Crippen molar-refractivity contribution in [2.24, 2.45) is 0 Å². The van der Waals surface area contributed by atoms with E-state index in [-0.39, 0.29) is 0 Å². The van der Waals surface area contributed by atoms with Gasteiger partial charge in [0.25, 0.3) is 0 Å². The summed E-state index contributed by atoms with van der Waals surface area (Å²) in [6, 6.07) is 13.5. The SMILES string of the molecule is Cc1cc(C#N)ccc1CSc1ccc(Cl)c(Cl)c1. The molecule has 0 aromatic heterocycles. The molecular formula is C15H11Cl2NS. The first-order valence-corrected chi connectivity index (χ1v) is 7.42. The molecule has 0 unspecified atom stereocenters. The number of nitrogens with zero attached hydrogens (tertiary/aromatic N) is 1. The van der Waals surface area contributed by atoms with Crippen LogP contribution in [0.15, 0.2) is 41.3 Å². The number of halogens is 2. The highest BCUT2D eigenvalue weighted by Gasteiger charge is 2.03. The third-order valence-electron chi connectivity index (χ3n) is 2.76. The molecule has 0 fully saturated rings. The van der Waals surface area contributed by atoms with Crippen LogP contribution in [0.2, 0.25) is 10.0 Å². The van der Waals surface area contributed by atoms with Gasteiger partial charge in [-0.1, -0.05) is 29.3 Å². The minimum atomic E-state index is 0.570. The molecular weight excluding hydrogens is 297 g/mol. The fourth-order valence-electron chi connectivity index (χ4n) is 1.66. The van der Waals surface area contributed by atoms with Crippen molar-refractivity contribution >= 4 is 35.0 Å². The predicted octanol–water partition coefficient (Wildman–Crippen LogP) is 5.47. The maximum atomic E-state index is 8.83. The number of hydrogen-bond acceptors (Lipinski definition) is 2. The summed E-state index contributed by atoms with van der Waals surface area (Å²) in [4.78, 5) is 1.08. The van der Waals surface area contributed by atoms with Gasteiger partial charge in [-0.05, 0) is 48.4 Å². The molecule has 0 saturated carbocycles. The molecule has 0 N–H and O–H groups in total. The maximum absolute atomic E-state index is 8.83. The standard InChI is InChI=1S/C15H11Cl2NS/c1-10-6-11(8-18)2-3-12(10)9-19-13-4-5-14(16)15(17)7-13/h2-7H,9H2,1H3. The maximum Gasteiger partial charge on any atom is 0.0991 e. The molecule has 0 saturated heterocycles. The summed E-state index contributed by atoms with van der Waals surface area (Å²) >= 11 is 13.6. The zero-order chi connectivity index (χ0) is 13.8. The molecule has 1 nitrogen and oxygen atoms in total. The Labute approximate surface area is 127 Å². The summed E-state index contributed by atoms with van der Waals surface area (Å²) < 4.78 is 0. The summed E-state index contributed by atoms with van der Waals surface area (Å²) in [7, 11) is 0. The first kappa shape index (κ1) is 14.3. The van der Waals surface area contributed by atoms with Crippen LogP contribution in [0, 0.1) is 18.3 Å². The number of nitriles is 1. The Balaban J connectivity index is 2.10. The van der Waals surface area contributed by atoms with Crippen LogP contribution in [0.3, 0.4) is 0 Å². The lowest BCUT2D eigenvalue weighted by Crippen LogP contribution is -1.88. The lowest BCUT2D eigenvalue weighted by atomic mass is 10.1. The quantitative estimate of drug-likeness (QED) is 0.702. The van der Waals surface area contributed by atoms with Gasteiger partial charge in [-0.2, -0.15) is 5.26 Å². The van der Waals surface area contributed by atoms with Gasteiger partial charge >= 0.3 is 0 Å². The van der Waals surface area contributed by atoms with Crippen LogP contribution in [-0.2, 0) is 5.75 Å². The van der Waals surface area contributed by atoms with Gasteiger partial charge in [0.1, 0.15) is 0 Å². The van der Waals surface area contributed by atoms with Crippen molar-refractivity contribution in [3.63, 3.8) is 0 Å². The largest absolute Gasteiger partial charge is 0.192 e. The molecule has 96 valence electrons. The molecule has 0 radical (unpaired) electrons. The second-order valence-electron chi connectivity index (χ2n) is 4.12. The number of hydrogen-bond donors (Lipinski definition) is 0. The van der Waals surface area contributed by atoms with Gasteiger partial charge in [0.15, 0.2) is 0 Å². The first-order chi connectivity index (χ1) is 9.10. The summed E-state index contributed by atoms with van der Waals surface area (Å²) in [5.74, 6) is 0.843. The van der Waals surface area contributed by atoms with Gasteiger partial charge in [-0.3, -0.25) is 0 Å². The van der Waals surface area contributed by atoms with Gasteiger partial charge in [0, 0.05) is 10.6 Å². The highest BCUT2D eigenvalue weighted by atomic mass is 35.5. The Hall–Kier alpha value is -1.14. The van der Waals surface area contributed by atoms with E-state index in [2.05, 4.69) is 6.07 Å².